The first-order chi connectivity index (χ1) is 27.5. The molecule has 0 aromatic rings. The van der Waals surface area contributed by atoms with Gasteiger partial charge in [-0.3, -0.25) is 13.8 Å². The predicted molar refractivity (Wildman–Crippen MR) is 244 cm³/mol. The van der Waals surface area contributed by atoms with Gasteiger partial charge in [-0.05, 0) is 51.4 Å². The van der Waals surface area contributed by atoms with E-state index in [0.29, 0.717) is 17.4 Å². The lowest BCUT2D eigenvalue weighted by Gasteiger charge is -2.25. The number of aliphatic hydroxyl groups is 1. The summed E-state index contributed by atoms with van der Waals surface area (Å²) in [5.74, 6) is -0.199. The SMILES string of the molecule is CCC/C=C\CCCCCCCC(=O)NC(COP(=O)(O)OCC[N+](C)(C)C)C(O)/C=C/CC/C=C/CCCCCCCCCCCCCCCCCCCCC. The normalized spacial score (nSPS) is 14.6. The molecule has 0 aliphatic heterocycles. The maximum absolute atomic E-state index is 12.8. The highest BCUT2D eigenvalue weighted by molar-refractivity contribution is 7.47. The van der Waals surface area contributed by atoms with Gasteiger partial charge in [-0.15, -0.1) is 0 Å². The number of carbonyl (C=O) groups is 1. The highest BCUT2D eigenvalue weighted by atomic mass is 31.2. The molecule has 1 amide bonds. The number of rotatable bonds is 43. The fraction of sp³-hybridized carbons (Fsp3) is 0.854. The van der Waals surface area contributed by atoms with Crippen LogP contribution in [0.3, 0.4) is 0 Å². The van der Waals surface area contributed by atoms with Gasteiger partial charge >= 0.3 is 7.82 Å². The van der Waals surface area contributed by atoms with Crippen molar-refractivity contribution in [3.05, 3.63) is 36.5 Å². The van der Waals surface area contributed by atoms with Gasteiger partial charge in [0, 0.05) is 6.42 Å². The summed E-state index contributed by atoms with van der Waals surface area (Å²) >= 11 is 0. The van der Waals surface area contributed by atoms with Crippen molar-refractivity contribution in [1.29, 1.82) is 0 Å². The number of likely N-dealkylation sites (N-methyl/N-ethyl adjacent to an activating group) is 1. The van der Waals surface area contributed by atoms with Gasteiger partial charge in [0.1, 0.15) is 13.2 Å². The molecule has 9 heteroatoms. The molecule has 0 aliphatic carbocycles. The number of unbranched alkanes of at least 4 members (excludes halogenated alkanes) is 26. The van der Waals surface area contributed by atoms with Crippen LogP contribution in [-0.2, 0) is 18.4 Å². The topological polar surface area (TPSA) is 105 Å². The molecule has 0 aromatic carbocycles. The molecule has 3 unspecified atom stereocenters. The Hall–Kier alpha value is -1.28. The lowest BCUT2D eigenvalue weighted by molar-refractivity contribution is -0.870. The minimum absolute atomic E-state index is 0.0544. The van der Waals surface area contributed by atoms with Crippen LogP contribution in [0.2, 0.25) is 0 Å². The Labute approximate surface area is 353 Å². The summed E-state index contributed by atoms with van der Waals surface area (Å²) in [6.07, 6.45) is 49.6. The third kappa shape index (κ3) is 42.6. The molecule has 0 aromatic heterocycles. The molecule has 3 N–H and O–H groups in total. The summed E-state index contributed by atoms with van der Waals surface area (Å²) in [5, 5.41) is 13.8. The van der Waals surface area contributed by atoms with Crippen molar-refractivity contribution in [2.24, 2.45) is 0 Å². The number of phosphoric ester groups is 1. The summed E-state index contributed by atoms with van der Waals surface area (Å²) in [6, 6.07) is -0.865. The molecule has 0 rings (SSSR count). The van der Waals surface area contributed by atoms with Crippen molar-refractivity contribution in [2.45, 2.75) is 225 Å². The average Bonchev–Trinajstić information content (AvgIpc) is 3.16. The number of quaternary nitrogens is 1. The third-order valence-electron chi connectivity index (χ3n) is 10.6. The molecule has 0 bridgehead atoms. The highest BCUT2D eigenvalue weighted by Gasteiger charge is 2.27. The van der Waals surface area contributed by atoms with Gasteiger partial charge in [0.15, 0.2) is 0 Å². The molecule has 3 atom stereocenters. The zero-order valence-corrected chi connectivity index (χ0v) is 39.0. The summed E-state index contributed by atoms with van der Waals surface area (Å²) in [6.45, 7) is 4.72. The van der Waals surface area contributed by atoms with Gasteiger partial charge < -0.3 is 19.8 Å². The lowest BCUT2D eigenvalue weighted by Crippen LogP contribution is -2.45. The Morgan fingerprint density at radius 1 is 0.579 bits per heavy atom. The lowest BCUT2D eigenvalue weighted by atomic mass is 10.0. The molecule has 0 saturated heterocycles. The maximum Gasteiger partial charge on any atom is 0.472 e. The molecule has 336 valence electrons. The van der Waals surface area contributed by atoms with Crippen LogP contribution in [0.5, 0.6) is 0 Å². The smallest absolute Gasteiger partial charge is 0.387 e. The van der Waals surface area contributed by atoms with Gasteiger partial charge in [-0.1, -0.05) is 192 Å². The monoisotopic (exact) mass is 826 g/mol. The fourth-order valence-corrected chi connectivity index (χ4v) is 7.50. The zero-order valence-electron chi connectivity index (χ0n) is 38.1. The van der Waals surface area contributed by atoms with Crippen LogP contribution >= 0.6 is 7.82 Å². The summed E-state index contributed by atoms with van der Waals surface area (Å²) in [7, 11) is 1.55. The first-order valence-electron chi connectivity index (χ1n) is 23.9. The van der Waals surface area contributed by atoms with Crippen LogP contribution < -0.4 is 5.32 Å². The maximum atomic E-state index is 12.8. The minimum Gasteiger partial charge on any atom is -0.387 e. The van der Waals surface area contributed by atoms with Crippen molar-refractivity contribution < 1.29 is 32.9 Å². The van der Waals surface area contributed by atoms with Gasteiger partial charge in [-0.25, -0.2) is 4.57 Å². The second kappa shape index (κ2) is 40.1. The zero-order chi connectivity index (χ0) is 42.1. The van der Waals surface area contributed by atoms with E-state index in [4.69, 9.17) is 9.05 Å². The van der Waals surface area contributed by atoms with E-state index >= 15 is 0 Å². The minimum atomic E-state index is -4.34. The number of carbonyl (C=O) groups excluding carboxylic acids is 1. The summed E-state index contributed by atoms with van der Waals surface area (Å²) in [4.78, 5) is 23.0. The molecule has 57 heavy (non-hydrogen) atoms. The van der Waals surface area contributed by atoms with E-state index in [-0.39, 0.29) is 19.1 Å². The molecule has 0 saturated carbocycles. The molecular formula is C48H94N2O6P+. The Morgan fingerprint density at radius 2 is 1.00 bits per heavy atom. The summed E-state index contributed by atoms with van der Waals surface area (Å²) < 4.78 is 23.5. The second-order valence-corrected chi connectivity index (χ2v) is 18.9. The molecule has 0 heterocycles. The van der Waals surface area contributed by atoms with E-state index < -0.39 is 20.0 Å². The van der Waals surface area contributed by atoms with E-state index in [9.17, 15) is 19.4 Å². The largest absolute Gasteiger partial charge is 0.472 e. The van der Waals surface area contributed by atoms with Crippen molar-refractivity contribution in [2.75, 3.05) is 40.9 Å². The quantitative estimate of drug-likeness (QED) is 0.0245. The van der Waals surface area contributed by atoms with Crippen LogP contribution in [0.4, 0.5) is 0 Å². The number of nitrogens with zero attached hydrogens (tertiary/aromatic N) is 1. The Kier molecular flexibility index (Phi) is 39.2. The highest BCUT2D eigenvalue weighted by Crippen LogP contribution is 2.43. The van der Waals surface area contributed by atoms with Crippen LogP contribution in [-0.4, -0.2) is 73.4 Å². The Morgan fingerprint density at radius 3 is 1.47 bits per heavy atom. The molecule has 0 spiro atoms. The van der Waals surface area contributed by atoms with Crippen LogP contribution in [0, 0.1) is 0 Å². The number of aliphatic hydroxyl groups excluding tert-OH is 1. The van der Waals surface area contributed by atoms with Gasteiger partial charge in [0.2, 0.25) is 5.91 Å². The fourth-order valence-electron chi connectivity index (χ4n) is 6.77. The van der Waals surface area contributed by atoms with E-state index in [1.165, 1.54) is 128 Å². The first-order valence-corrected chi connectivity index (χ1v) is 25.4. The van der Waals surface area contributed by atoms with Crippen LogP contribution in [0.15, 0.2) is 36.5 Å². The number of amides is 1. The van der Waals surface area contributed by atoms with Crippen molar-refractivity contribution in [3.8, 4) is 0 Å². The number of hydrogen-bond donors (Lipinski definition) is 3. The van der Waals surface area contributed by atoms with Gasteiger partial charge in [0.05, 0.1) is 39.9 Å². The first kappa shape index (κ1) is 55.7. The molecule has 0 aliphatic rings. The van der Waals surface area contributed by atoms with Crippen molar-refractivity contribution in [1.82, 2.24) is 5.32 Å². The van der Waals surface area contributed by atoms with E-state index in [1.807, 2.05) is 27.2 Å². The standard InChI is InChI=1S/C48H93N2O6P/c1-6-8-10-12-14-16-18-19-20-21-22-23-24-25-26-27-28-29-30-31-32-33-35-37-39-41-47(51)46(45-56-57(53,54)55-44-43-50(3,4)5)49-48(52)42-40-38-36-34-17-15-13-11-9-7-2/h11,13,32-33,39,41,46-47,51H,6-10,12,14-31,34-38,40,42-45H2,1-5H3,(H-,49,52,53,54)/p+1/b13-11-,33-32+,41-39+. The average molecular weight is 826 g/mol. The molecule has 0 fully saturated rings. The number of hydrogen-bond acceptors (Lipinski definition) is 5. The second-order valence-electron chi connectivity index (χ2n) is 17.5. The van der Waals surface area contributed by atoms with Gasteiger partial charge in [-0.2, -0.15) is 0 Å². The third-order valence-corrected chi connectivity index (χ3v) is 11.5. The van der Waals surface area contributed by atoms with Gasteiger partial charge in [0.25, 0.3) is 0 Å². The van der Waals surface area contributed by atoms with E-state index in [2.05, 4.69) is 43.5 Å². The van der Waals surface area contributed by atoms with Crippen molar-refractivity contribution >= 4 is 13.7 Å². The van der Waals surface area contributed by atoms with E-state index in [1.54, 1.807) is 6.08 Å². The number of phosphoric acid groups is 1. The Bertz CT molecular complexity index is 1030. The predicted octanol–water partition coefficient (Wildman–Crippen LogP) is 13.5. The summed E-state index contributed by atoms with van der Waals surface area (Å²) in [5.41, 5.74) is 0. The molecule has 0 radical (unpaired) electrons. The molecular weight excluding hydrogens is 732 g/mol. The van der Waals surface area contributed by atoms with Crippen LogP contribution in [0.1, 0.15) is 213 Å². The number of nitrogens with one attached hydrogen (secondary N) is 1. The molecule has 8 nitrogen and oxygen atoms in total. The van der Waals surface area contributed by atoms with E-state index in [0.717, 1.165) is 64.2 Å². The Balaban J connectivity index is 4.27. The van der Waals surface area contributed by atoms with Crippen molar-refractivity contribution in [3.63, 3.8) is 0 Å². The number of allylic oxidation sites excluding steroid dienone is 5. The van der Waals surface area contributed by atoms with Crippen LogP contribution in [0.25, 0.3) is 0 Å².